The van der Waals surface area contributed by atoms with Crippen LogP contribution in [0.5, 0.6) is 0 Å². The molecule has 2 rings (SSSR count). The maximum atomic E-state index is 12.8. The number of esters is 1. The van der Waals surface area contributed by atoms with Gasteiger partial charge in [0.15, 0.2) is 0 Å². The highest BCUT2D eigenvalue weighted by Gasteiger charge is 2.31. The molecule has 0 saturated carbocycles. The fourth-order valence-electron chi connectivity index (χ4n) is 3.10. The van der Waals surface area contributed by atoms with Crippen molar-refractivity contribution < 1.29 is 22.7 Å². The number of ether oxygens (including phenoxy) is 1. The predicted octanol–water partition coefficient (Wildman–Crippen LogP) is 1.81. The Balaban J connectivity index is 1.99. The van der Waals surface area contributed by atoms with E-state index in [0.717, 1.165) is 5.56 Å². The third-order valence-corrected chi connectivity index (χ3v) is 6.73. The summed E-state index contributed by atoms with van der Waals surface area (Å²) in [4.78, 5) is 26.2. The lowest BCUT2D eigenvalue weighted by Gasteiger charge is -2.32. The van der Waals surface area contributed by atoms with Gasteiger partial charge in [-0.05, 0) is 38.8 Å². The van der Waals surface area contributed by atoms with E-state index in [1.165, 1.54) is 4.31 Å². The molecule has 1 amide bonds. The van der Waals surface area contributed by atoms with E-state index in [2.05, 4.69) is 0 Å². The number of likely N-dealkylation sites (tertiary alicyclic amines) is 1. The number of aryl methyl sites for hydroxylation is 1. The molecule has 1 aliphatic rings. The van der Waals surface area contributed by atoms with E-state index in [9.17, 15) is 18.0 Å². The molecule has 0 bridgehead atoms. The zero-order valence-corrected chi connectivity index (χ0v) is 17.0. The molecule has 0 atom stereocenters. The number of hydrogen-bond donors (Lipinski definition) is 0. The number of benzene rings is 1. The smallest absolute Gasteiger partial charge is 0.309 e. The van der Waals surface area contributed by atoms with Crippen molar-refractivity contribution in [1.29, 1.82) is 0 Å². The highest BCUT2D eigenvalue weighted by molar-refractivity contribution is 7.89. The summed E-state index contributed by atoms with van der Waals surface area (Å²) in [5.74, 6) is -0.649. The zero-order chi connectivity index (χ0) is 20.0. The van der Waals surface area contributed by atoms with Gasteiger partial charge in [0.2, 0.25) is 15.9 Å². The molecule has 0 spiro atoms. The standard InChI is InChI=1S/C19H28N2O5S/c1-4-21(27(24,25)17-8-6-15(3)7-9-17)14-18(22)20-12-10-16(11-13-20)19(23)26-5-2/h6-9,16H,4-5,10-14H2,1-3H3. The van der Waals surface area contributed by atoms with Crippen LogP contribution in [0.3, 0.4) is 0 Å². The van der Waals surface area contributed by atoms with Crippen LogP contribution in [-0.4, -0.2) is 62.3 Å². The average Bonchev–Trinajstić information content (AvgIpc) is 2.66. The molecular formula is C19H28N2O5S. The third-order valence-electron chi connectivity index (χ3n) is 4.79. The molecule has 0 unspecified atom stereocenters. The Labute approximate surface area is 161 Å². The normalized spacial score (nSPS) is 15.8. The van der Waals surface area contributed by atoms with Crippen molar-refractivity contribution in [3.63, 3.8) is 0 Å². The van der Waals surface area contributed by atoms with Gasteiger partial charge in [0.05, 0.1) is 24.0 Å². The first-order chi connectivity index (χ1) is 12.8. The van der Waals surface area contributed by atoms with E-state index in [4.69, 9.17) is 4.74 Å². The maximum Gasteiger partial charge on any atom is 0.309 e. The number of sulfonamides is 1. The van der Waals surface area contributed by atoms with Crippen molar-refractivity contribution in [1.82, 2.24) is 9.21 Å². The molecule has 0 radical (unpaired) electrons. The molecule has 1 aromatic carbocycles. The number of carbonyl (C=O) groups excluding carboxylic acids is 2. The Morgan fingerprint density at radius 2 is 1.74 bits per heavy atom. The van der Waals surface area contributed by atoms with E-state index < -0.39 is 10.0 Å². The number of rotatable bonds is 7. The second-order valence-corrected chi connectivity index (χ2v) is 8.59. The van der Waals surface area contributed by atoms with E-state index in [0.29, 0.717) is 32.5 Å². The van der Waals surface area contributed by atoms with Crippen LogP contribution in [0.1, 0.15) is 32.3 Å². The lowest BCUT2D eigenvalue weighted by molar-refractivity contribution is -0.151. The number of piperidine rings is 1. The fraction of sp³-hybridized carbons (Fsp3) is 0.579. The van der Waals surface area contributed by atoms with Crippen molar-refractivity contribution in [3.05, 3.63) is 29.8 Å². The van der Waals surface area contributed by atoms with Crippen molar-refractivity contribution in [3.8, 4) is 0 Å². The van der Waals surface area contributed by atoms with Crippen LogP contribution >= 0.6 is 0 Å². The third kappa shape index (κ3) is 5.29. The number of hydrogen-bond acceptors (Lipinski definition) is 5. The summed E-state index contributed by atoms with van der Waals surface area (Å²) in [7, 11) is -3.72. The van der Waals surface area contributed by atoms with Crippen LogP contribution in [-0.2, 0) is 24.3 Å². The lowest BCUT2D eigenvalue weighted by atomic mass is 9.97. The summed E-state index contributed by atoms with van der Waals surface area (Å²) in [5, 5.41) is 0. The number of likely N-dealkylation sites (N-methyl/N-ethyl adjacent to an activating group) is 1. The molecule has 1 saturated heterocycles. The minimum atomic E-state index is -3.72. The quantitative estimate of drug-likeness (QED) is 0.656. The lowest BCUT2D eigenvalue weighted by Crippen LogP contribution is -2.46. The highest BCUT2D eigenvalue weighted by atomic mass is 32.2. The largest absolute Gasteiger partial charge is 0.466 e. The first kappa shape index (κ1) is 21.4. The van der Waals surface area contributed by atoms with E-state index in [1.54, 1.807) is 43.0 Å². The Bertz CT molecular complexity index is 753. The first-order valence-corrected chi connectivity index (χ1v) is 10.7. The molecule has 1 heterocycles. The molecule has 1 aromatic rings. The van der Waals surface area contributed by atoms with Gasteiger partial charge in [-0.15, -0.1) is 0 Å². The van der Waals surface area contributed by atoms with Gasteiger partial charge in [0.25, 0.3) is 0 Å². The van der Waals surface area contributed by atoms with Crippen molar-refractivity contribution >= 4 is 21.9 Å². The van der Waals surface area contributed by atoms with Gasteiger partial charge in [-0.2, -0.15) is 4.31 Å². The van der Waals surface area contributed by atoms with Gasteiger partial charge in [-0.25, -0.2) is 8.42 Å². The van der Waals surface area contributed by atoms with Crippen LogP contribution in [0, 0.1) is 12.8 Å². The van der Waals surface area contributed by atoms with Crippen LogP contribution in [0.25, 0.3) is 0 Å². The number of nitrogens with zero attached hydrogens (tertiary/aromatic N) is 2. The van der Waals surface area contributed by atoms with E-state index in [-0.39, 0.29) is 35.8 Å². The Hall–Kier alpha value is -1.93. The van der Waals surface area contributed by atoms with Crippen molar-refractivity contribution in [2.75, 3.05) is 32.8 Å². The van der Waals surface area contributed by atoms with Gasteiger partial charge in [0, 0.05) is 19.6 Å². The Morgan fingerprint density at radius 3 is 2.26 bits per heavy atom. The molecule has 27 heavy (non-hydrogen) atoms. The predicted molar refractivity (Wildman–Crippen MR) is 102 cm³/mol. The number of amides is 1. The van der Waals surface area contributed by atoms with Gasteiger partial charge in [0.1, 0.15) is 0 Å². The number of carbonyl (C=O) groups is 2. The van der Waals surface area contributed by atoms with Gasteiger partial charge < -0.3 is 9.64 Å². The van der Waals surface area contributed by atoms with Gasteiger partial charge in [-0.1, -0.05) is 24.6 Å². The van der Waals surface area contributed by atoms with Crippen LogP contribution in [0.4, 0.5) is 0 Å². The van der Waals surface area contributed by atoms with Crippen LogP contribution in [0.15, 0.2) is 29.2 Å². The summed E-state index contributed by atoms with van der Waals surface area (Å²) >= 11 is 0. The molecule has 1 fully saturated rings. The molecule has 0 aromatic heterocycles. The van der Waals surface area contributed by atoms with Gasteiger partial charge in [-0.3, -0.25) is 9.59 Å². The topological polar surface area (TPSA) is 84.0 Å². The van der Waals surface area contributed by atoms with Crippen LogP contribution in [0.2, 0.25) is 0 Å². The zero-order valence-electron chi connectivity index (χ0n) is 16.2. The summed E-state index contributed by atoms with van der Waals surface area (Å²) in [5.41, 5.74) is 0.970. The molecule has 0 aliphatic carbocycles. The summed E-state index contributed by atoms with van der Waals surface area (Å²) < 4.78 is 31.8. The molecular weight excluding hydrogens is 368 g/mol. The summed E-state index contributed by atoms with van der Waals surface area (Å²) in [6, 6.07) is 6.59. The second kappa shape index (κ2) is 9.32. The highest BCUT2D eigenvalue weighted by Crippen LogP contribution is 2.20. The summed E-state index contributed by atoms with van der Waals surface area (Å²) in [6.07, 6.45) is 1.09. The van der Waals surface area contributed by atoms with E-state index >= 15 is 0 Å². The molecule has 1 aliphatic heterocycles. The summed E-state index contributed by atoms with van der Waals surface area (Å²) in [6.45, 7) is 6.60. The maximum absolute atomic E-state index is 12.8. The van der Waals surface area contributed by atoms with Crippen molar-refractivity contribution in [2.45, 2.75) is 38.5 Å². The minimum absolute atomic E-state index is 0.184. The molecule has 7 nitrogen and oxygen atoms in total. The van der Waals surface area contributed by atoms with Crippen LogP contribution < -0.4 is 0 Å². The minimum Gasteiger partial charge on any atom is -0.466 e. The Kier molecular flexibility index (Phi) is 7.38. The van der Waals surface area contributed by atoms with Gasteiger partial charge >= 0.3 is 5.97 Å². The average molecular weight is 397 g/mol. The Morgan fingerprint density at radius 1 is 1.15 bits per heavy atom. The fourth-order valence-corrected chi connectivity index (χ4v) is 4.50. The van der Waals surface area contributed by atoms with E-state index in [1.807, 2.05) is 6.92 Å². The molecule has 150 valence electrons. The first-order valence-electron chi connectivity index (χ1n) is 9.30. The molecule has 0 N–H and O–H groups in total. The second-order valence-electron chi connectivity index (χ2n) is 6.65. The monoisotopic (exact) mass is 396 g/mol. The SMILES string of the molecule is CCOC(=O)C1CCN(C(=O)CN(CC)S(=O)(=O)c2ccc(C)cc2)CC1. The molecule has 8 heteroatoms. The van der Waals surface area contributed by atoms with Crippen molar-refractivity contribution in [2.24, 2.45) is 5.92 Å².